The first kappa shape index (κ1) is 14.7. The molecule has 0 aromatic heterocycles. The highest BCUT2D eigenvalue weighted by Gasteiger charge is 2.26. The second kappa shape index (κ2) is 6.70. The third-order valence-corrected chi connectivity index (χ3v) is 3.87. The van der Waals surface area contributed by atoms with Gasteiger partial charge in [-0.1, -0.05) is 18.2 Å². The Hall–Kier alpha value is -2.21. The fourth-order valence-electron chi connectivity index (χ4n) is 2.57. The molecule has 0 aliphatic carbocycles. The van der Waals surface area contributed by atoms with Gasteiger partial charge in [-0.05, 0) is 18.6 Å². The molecule has 2 heterocycles. The van der Waals surface area contributed by atoms with Crippen molar-refractivity contribution in [3.63, 3.8) is 0 Å². The monoisotopic (exact) mass is 301 g/mol. The van der Waals surface area contributed by atoms with Gasteiger partial charge in [0.15, 0.2) is 0 Å². The number of amides is 2. The van der Waals surface area contributed by atoms with Gasteiger partial charge in [0.1, 0.15) is 5.71 Å². The predicted molar refractivity (Wildman–Crippen MR) is 82.5 cm³/mol. The molecule has 1 aromatic rings. The summed E-state index contributed by atoms with van der Waals surface area (Å²) in [5.41, 5.74) is 1.09. The molecule has 22 heavy (non-hydrogen) atoms. The molecule has 1 saturated heterocycles. The number of benzene rings is 1. The molecule has 1 N–H and O–H groups in total. The topological polar surface area (TPSA) is 71.0 Å². The smallest absolute Gasteiger partial charge is 0.267 e. The zero-order valence-corrected chi connectivity index (χ0v) is 12.3. The van der Waals surface area contributed by atoms with E-state index in [1.165, 1.54) is 5.01 Å². The second-order valence-corrected chi connectivity index (χ2v) is 5.53. The molecular formula is C16H19N3O3. The summed E-state index contributed by atoms with van der Waals surface area (Å²) in [4.78, 5) is 24.2. The van der Waals surface area contributed by atoms with Crippen LogP contribution < -0.4 is 10.3 Å². The van der Waals surface area contributed by atoms with Crippen molar-refractivity contribution in [2.24, 2.45) is 11.0 Å². The van der Waals surface area contributed by atoms with Crippen molar-refractivity contribution < 1.29 is 14.3 Å². The minimum Gasteiger partial charge on any atom is -0.381 e. The van der Waals surface area contributed by atoms with E-state index < -0.39 is 0 Å². The molecule has 2 amide bonds. The summed E-state index contributed by atoms with van der Waals surface area (Å²) in [7, 11) is 0. The number of hydrogen-bond acceptors (Lipinski definition) is 4. The molecule has 0 unspecified atom stereocenters. The minimum atomic E-state index is -0.194. The summed E-state index contributed by atoms with van der Waals surface area (Å²) in [6.45, 7) is 2.05. The molecule has 0 saturated carbocycles. The third-order valence-electron chi connectivity index (χ3n) is 3.87. The van der Waals surface area contributed by atoms with Crippen molar-refractivity contribution in [2.75, 3.05) is 24.8 Å². The minimum absolute atomic E-state index is 0.0908. The number of nitrogens with one attached hydrogen (secondary N) is 1. The lowest BCUT2D eigenvalue weighted by Gasteiger charge is -2.23. The number of nitrogens with zero attached hydrogens (tertiary/aromatic N) is 2. The summed E-state index contributed by atoms with van der Waals surface area (Å²) in [6.07, 6.45) is 1.66. The zero-order chi connectivity index (χ0) is 15.4. The Morgan fingerprint density at radius 2 is 2.14 bits per heavy atom. The van der Waals surface area contributed by atoms with Crippen LogP contribution in [0, 0.1) is 5.92 Å². The summed E-state index contributed by atoms with van der Waals surface area (Å²) >= 11 is 0. The molecule has 3 rings (SSSR count). The second-order valence-electron chi connectivity index (χ2n) is 5.53. The van der Waals surface area contributed by atoms with E-state index in [0.29, 0.717) is 43.3 Å². The van der Waals surface area contributed by atoms with Crippen molar-refractivity contribution >= 4 is 23.2 Å². The van der Waals surface area contributed by atoms with Crippen molar-refractivity contribution in [1.82, 2.24) is 5.32 Å². The van der Waals surface area contributed by atoms with Crippen LogP contribution in [0.2, 0.25) is 0 Å². The molecule has 1 fully saturated rings. The summed E-state index contributed by atoms with van der Waals surface area (Å²) in [5, 5.41) is 8.45. The van der Waals surface area contributed by atoms with Gasteiger partial charge in [-0.15, -0.1) is 0 Å². The van der Waals surface area contributed by atoms with Crippen LogP contribution in [-0.4, -0.2) is 37.3 Å². The highest BCUT2D eigenvalue weighted by molar-refractivity contribution is 6.40. The first-order chi connectivity index (χ1) is 10.7. The van der Waals surface area contributed by atoms with Crippen LogP contribution in [-0.2, 0) is 14.3 Å². The van der Waals surface area contributed by atoms with Gasteiger partial charge < -0.3 is 10.1 Å². The van der Waals surface area contributed by atoms with Gasteiger partial charge in [0.25, 0.3) is 5.91 Å². The average Bonchev–Trinajstić information content (AvgIpc) is 3.07. The van der Waals surface area contributed by atoms with Crippen molar-refractivity contribution in [1.29, 1.82) is 0 Å². The molecule has 0 bridgehead atoms. The predicted octanol–water partition coefficient (Wildman–Crippen LogP) is 1.32. The van der Waals surface area contributed by atoms with Crippen LogP contribution in [0.1, 0.15) is 19.3 Å². The fourth-order valence-corrected chi connectivity index (χ4v) is 2.57. The number of anilines is 1. The van der Waals surface area contributed by atoms with E-state index in [2.05, 4.69) is 10.4 Å². The standard InChI is InChI=1S/C16H19N3O3/c20-15-7-6-14(16(21)17-10-12-8-9-22-11-12)18-19(15)13-4-2-1-3-5-13/h1-5,12H,6-11H2,(H,17,21)/t12-/m1/s1. The Morgan fingerprint density at radius 3 is 2.86 bits per heavy atom. The number of rotatable bonds is 4. The van der Waals surface area contributed by atoms with E-state index >= 15 is 0 Å². The number of carbonyl (C=O) groups is 2. The lowest BCUT2D eigenvalue weighted by molar-refractivity contribution is -0.119. The van der Waals surface area contributed by atoms with Gasteiger partial charge in [-0.25, -0.2) is 5.01 Å². The van der Waals surface area contributed by atoms with Crippen LogP contribution in [0.25, 0.3) is 0 Å². The maximum absolute atomic E-state index is 12.2. The Morgan fingerprint density at radius 1 is 1.32 bits per heavy atom. The summed E-state index contributed by atoms with van der Waals surface area (Å²) in [6, 6.07) is 9.16. The molecule has 1 atom stereocenters. The molecule has 6 heteroatoms. The first-order valence-electron chi connectivity index (χ1n) is 7.55. The van der Waals surface area contributed by atoms with Crippen LogP contribution in [0.5, 0.6) is 0 Å². The zero-order valence-electron chi connectivity index (χ0n) is 12.3. The van der Waals surface area contributed by atoms with E-state index in [-0.39, 0.29) is 11.8 Å². The van der Waals surface area contributed by atoms with Crippen LogP contribution in [0.4, 0.5) is 5.69 Å². The molecule has 2 aliphatic rings. The Balaban J connectivity index is 1.67. The van der Waals surface area contributed by atoms with Crippen LogP contribution in [0.3, 0.4) is 0 Å². The summed E-state index contributed by atoms with van der Waals surface area (Å²) < 4.78 is 5.29. The summed E-state index contributed by atoms with van der Waals surface area (Å²) in [5.74, 6) is 0.0901. The van der Waals surface area contributed by atoms with E-state index in [4.69, 9.17) is 4.74 Å². The normalized spacial score (nSPS) is 21.6. The maximum Gasteiger partial charge on any atom is 0.267 e. The lowest BCUT2D eigenvalue weighted by Crippen LogP contribution is -2.40. The molecule has 0 spiro atoms. The Labute approximate surface area is 129 Å². The van der Waals surface area contributed by atoms with E-state index in [0.717, 1.165) is 13.0 Å². The van der Waals surface area contributed by atoms with Gasteiger partial charge >= 0.3 is 0 Å². The quantitative estimate of drug-likeness (QED) is 0.912. The van der Waals surface area contributed by atoms with Gasteiger partial charge in [0, 0.05) is 31.9 Å². The molecular weight excluding hydrogens is 282 g/mol. The fraction of sp³-hybridized carbons (Fsp3) is 0.438. The Kier molecular flexibility index (Phi) is 4.48. The van der Waals surface area contributed by atoms with E-state index in [1.807, 2.05) is 18.2 Å². The number of carbonyl (C=O) groups excluding carboxylic acids is 2. The van der Waals surface area contributed by atoms with Crippen molar-refractivity contribution in [3.05, 3.63) is 30.3 Å². The lowest BCUT2D eigenvalue weighted by atomic mass is 10.1. The largest absolute Gasteiger partial charge is 0.381 e. The number of para-hydroxylation sites is 1. The van der Waals surface area contributed by atoms with Gasteiger partial charge in [0.2, 0.25) is 5.91 Å². The molecule has 6 nitrogen and oxygen atoms in total. The van der Waals surface area contributed by atoms with Crippen LogP contribution >= 0.6 is 0 Å². The van der Waals surface area contributed by atoms with Gasteiger partial charge in [-0.2, -0.15) is 5.10 Å². The SMILES string of the molecule is O=C(NC[C@H]1CCOC1)C1=NN(c2ccccc2)C(=O)CC1. The van der Waals surface area contributed by atoms with E-state index in [9.17, 15) is 9.59 Å². The maximum atomic E-state index is 12.2. The number of hydrazone groups is 1. The third kappa shape index (κ3) is 3.33. The van der Waals surface area contributed by atoms with Gasteiger partial charge in [0.05, 0.1) is 12.3 Å². The number of hydrogen-bond donors (Lipinski definition) is 1. The first-order valence-corrected chi connectivity index (χ1v) is 7.55. The Bertz CT molecular complexity index is 580. The average molecular weight is 301 g/mol. The number of ether oxygens (including phenoxy) is 1. The van der Waals surface area contributed by atoms with Gasteiger partial charge in [-0.3, -0.25) is 9.59 Å². The highest BCUT2D eigenvalue weighted by atomic mass is 16.5. The van der Waals surface area contributed by atoms with Crippen molar-refractivity contribution in [3.8, 4) is 0 Å². The van der Waals surface area contributed by atoms with Crippen LogP contribution in [0.15, 0.2) is 35.4 Å². The molecule has 0 radical (unpaired) electrons. The van der Waals surface area contributed by atoms with Crippen molar-refractivity contribution in [2.45, 2.75) is 19.3 Å². The molecule has 2 aliphatic heterocycles. The molecule has 1 aromatic carbocycles. The molecule has 116 valence electrons. The highest BCUT2D eigenvalue weighted by Crippen LogP contribution is 2.19. The van der Waals surface area contributed by atoms with E-state index in [1.54, 1.807) is 12.1 Å².